The van der Waals surface area contributed by atoms with Gasteiger partial charge in [0.15, 0.2) is 0 Å². The van der Waals surface area contributed by atoms with Gasteiger partial charge in [0.2, 0.25) is 0 Å². The van der Waals surface area contributed by atoms with E-state index in [0.29, 0.717) is 5.92 Å². The van der Waals surface area contributed by atoms with E-state index in [1.54, 1.807) is 7.05 Å². The van der Waals surface area contributed by atoms with Crippen molar-refractivity contribution in [1.29, 1.82) is 0 Å². The largest absolute Gasteiger partial charge is 0.355 e. The highest BCUT2D eigenvalue weighted by Crippen LogP contribution is 2.34. The summed E-state index contributed by atoms with van der Waals surface area (Å²) in [4.78, 5) is 12.2. The van der Waals surface area contributed by atoms with Gasteiger partial charge in [-0.2, -0.15) is 0 Å². The van der Waals surface area contributed by atoms with Crippen LogP contribution in [0.3, 0.4) is 0 Å². The topological polar surface area (TPSA) is 34.0 Å². The Morgan fingerprint density at radius 3 is 2.33 bits per heavy atom. The molecule has 0 aliphatic heterocycles. The van der Waals surface area contributed by atoms with Crippen LogP contribution in [0.15, 0.2) is 18.3 Å². The van der Waals surface area contributed by atoms with Crippen LogP contribution in [0.25, 0.3) is 10.9 Å². The summed E-state index contributed by atoms with van der Waals surface area (Å²) in [7, 11) is 3.69. The van der Waals surface area contributed by atoms with Crippen LogP contribution < -0.4 is 5.32 Å². The molecule has 0 saturated carbocycles. The molecule has 0 aliphatic carbocycles. The quantitative estimate of drug-likeness (QED) is 0.891. The number of rotatable bonds is 2. The smallest absolute Gasteiger partial charge is 0.253 e. The highest BCUT2D eigenvalue weighted by molar-refractivity contribution is 6.07. The summed E-state index contributed by atoms with van der Waals surface area (Å²) in [6.45, 7) is 11.0. The summed E-state index contributed by atoms with van der Waals surface area (Å²) in [5.41, 5.74) is 4.55. The Hall–Kier alpha value is -1.77. The lowest BCUT2D eigenvalue weighted by atomic mass is 9.83. The average molecular weight is 286 g/mol. The van der Waals surface area contributed by atoms with E-state index in [4.69, 9.17) is 0 Å². The Kier molecular flexibility index (Phi) is 3.87. The number of fused-ring (bicyclic) bond motifs is 1. The van der Waals surface area contributed by atoms with E-state index in [1.165, 1.54) is 11.1 Å². The molecule has 0 spiro atoms. The fourth-order valence-corrected chi connectivity index (χ4v) is 2.77. The second-order valence-electron chi connectivity index (χ2n) is 7.10. The third kappa shape index (κ3) is 2.69. The predicted octanol–water partition coefficient (Wildman–Crippen LogP) is 3.96. The molecule has 2 aromatic rings. The van der Waals surface area contributed by atoms with E-state index in [0.717, 1.165) is 16.5 Å². The summed E-state index contributed by atoms with van der Waals surface area (Å²) in [5, 5.41) is 3.79. The molecule has 0 atom stereocenters. The number of carbonyl (C=O) groups is 1. The third-order valence-electron chi connectivity index (χ3n) is 4.06. The Morgan fingerprint density at radius 1 is 1.24 bits per heavy atom. The summed E-state index contributed by atoms with van der Waals surface area (Å²) < 4.78 is 2.07. The number of hydrogen-bond donors (Lipinski definition) is 1. The van der Waals surface area contributed by atoms with Crippen LogP contribution in [-0.4, -0.2) is 17.5 Å². The molecule has 1 N–H and O–H groups in total. The van der Waals surface area contributed by atoms with Crippen LogP contribution in [0.5, 0.6) is 0 Å². The molecule has 3 heteroatoms. The van der Waals surface area contributed by atoms with Gasteiger partial charge in [0.1, 0.15) is 0 Å². The molecule has 0 saturated heterocycles. The van der Waals surface area contributed by atoms with Crippen LogP contribution in [-0.2, 0) is 12.5 Å². The molecule has 1 aromatic heterocycles. The standard InChI is InChI=1S/C18H26N2O/c1-11(2)13-8-12(18(3,4)5)9-14-15(17(21)19-6)10-20(7)16(13)14/h8-11H,1-7H3,(H,19,21). The van der Waals surface area contributed by atoms with E-state index in [2.05, 4.69) is 56.6 Å². The van der Waals surface area contributed by atoms with Crippen LogP contribution in [0.2, 0.25) is 0 Å². The molecule has 0 bridgehead atoms. The second-order valence-corrected chi connectivity index (χ2v) is 7.10. The normalized spacial score (nSPS) is 12.2. The first-order valence-corrected chi connectivity index (χ1v) is 7.52. The maximum absolute atomic E-state index is 12.2. The van der Waals surface area contributed by atoms with Crippen LogP contribution in [0.1, 0.15) is 62.0 Å². The Morgan fingerprint density at radius 2 is 1.86 bits per heavy atom. The van der Waals surface area contributed by atoms with Crippen molar-refractivity contribution < 1.29 is 4.79 Å². The molecule has 1 aromatic carbocycles. The second kappa shape index (κ2) is 5.21. The lowest BCUT2D eigenvalue weighted by Crippen LogP contribution is -2.17. The molecule has 1 amide bonds. The van der Waals surface area contributed by atoms with Gasteiger partial charge in [0.25, 0.3) is 5.91 Å². The number of carbonyl (C=O) groups excluding carboxylic acids is 1. The van der Waals surface area contributed by atoms with Gasteiger partial charge >= 0.3 is 0 Å². The van der Waals surface area contributed by atoms with Gasteiger partial charge < -0.3 is 9.88 Å². The minimum Gasteiger partial charge on any atom is -0.355 e. The van der Waals surface area contributed by atoms with E-state index in [9.17, 15) is 4.79 Å². The molecular formula is C18H26N2O. The van der Waals surface area contributed by atoms with E-state index in [-0.39, 0.29) is 11.3 Å². The third-order valence-corrected chi connectivity index (χ3v) is 4.06. The lowest BCUT2D eigenvalue weighted by Gasteiger charge is -2.22. The monoisotopic (exact) mass is 286 g/mol. The first kappa shape index (κ1) is 15.6. The van der Waals surface area contributed by atoms with Gasteiger partial charge in [0, 0.05) is 25.7 Å². The zero-order valence-electron chi connectivity index (χ0n) is 14.2. The molecule has 114 valence electrons. The highest BCUT2D eigenvalue weighted by atomic mass is 16.1. The Labute approximate surface area is 127 Å². The van der Waals surface area contributed by atoms with Crippen molar-refractivity contribution in [3.8, 4) is 0 Å². The van der Waals surface area contributed by atoms with Gasteiger partial charge in [0.05, 0.1) is 11.1 Å². The van der Waals surface area contributed by atoms with Gasteiger partial charge in [-0.05, 0) is 28.5 Å². The van der Waals surface area contributed by atoms with Crippen molar-refractivity contribution in [1.82, 2.24) is 9.88 Å². The highest BCUT2D eigenvalue weighted by Gasteiger charge is 2.22. The first-order chi connectivity index (χ1) is 9.66. The number of hydrogen-bond acceptors (Lipinski definition) is 1. The van der Waals surface area contributed by atoms with E-state index in [1.807, 2.05) is 13.2 Å². The van der Waals surface area contributed by atoms with E-state index >= 15 is 0 Å². The predicted molar refractivity (Wildman–Crippen MR) is 89.1 cm³/mol. The number of nitrogens with zero attached hydrogens (tertiary/aromatic N) is 1. The molecule has 0 radical (unpaired) electrons. The molecule has 0 aliphatic rings. The van der Waals surface area contributed by atoms with Crippen molar-refractivity contribution in [3.63, 3.8) is 0 Å². The van der Waals surface area contributed by atoms with Gasteiger partial charge in [-0.3, -0.25) is 4.79 Å². The number of aryl methyl sites for hydroxylation is 1. The number of benzene rings is 1. The van der Waals surface area contributed by atoms with Crippen LogP contribution in [0, 0.1) is 0 Å². The fourth-order valence-electron chi connectivity index (χ4n) is 2.77. The van der Waals surface area contributed by atoms with Gasteiger partial charge in [-0.1, -0.05) is 40.7 Å². The molecular weight excluding hydrogens is 260 g/mol. The Bertz CT molecular complexity index is 687. The number of amides is 1. The summed E-state index contributed by atoms with van der Waals surface area (Å²) in [6.07, 6.45) is 1.93. The molecule has 2 rings (SSSR count). The molecule has 0 unspecified atom stereocenters. The molecule has 0 fully saturated rings. The fraction of sp³-hybridized carbons (Fsp3) is 0.500. The van der Waals surface area contributed by atoms with Crippen molar-refractivity contribution in [2.75, 3.05) is 7.05 Å². The molecule has 21 heavy (non-hydrogen) atoms. The summed E-state index contributed by atoms with van der Waals surface area (Å²) in [5.74, 6) is 0.391. The van der Waals surface area contributed by atoms with Gasteiger partial charge in [-0.25, -0.2) is 0 Å². The van der Waals surface area contributed by atoms with Crippen molar-refractivity contribution >= 4 is 16.8 Å². The van der Waals surface area contributed by atoms with Crippen LogP contribution in [0.4, 0.5) is 0 Å². The minimum absolute atomic E-state index is 0.0265. The minimum atomic E-state index is -0.0265. The lowest BCUT2D eigenvalue weighted by molar-refractivity contribution is 0.0964. The number of nitrogens with one attached hydrogen (secondary N) is 1. The molecule has 1 heterocycles. The summed E-state index contributed by atoms with van der Waals surface area (Å²) in [6, 6.07) is 4.46. The van der Waals surface area contributed by atoms with Gasteiger partial charge in [-0.15, -0.1) is 0 Å². The SMILES string of the molecule is CNC(=O)c1cn(C)c2c(C(C)C)cc(C(C)(C)C)cc12. The first-order valence-electron chi connectivity index (χ1n) is 7.52. The van der Waals surface area contributed by atoms with Crippen molar-refractivity contribution in [2.45, 2.75) is 46.0 Å². The van der Waals surface area contributed by atoms with Crippen molar-refractivity contribution in [2.24, 2.45) is 7.05 Å². The van der Waals surface area contributed by atoms with Crippen molar-refractivity contribution in [3.05, 3.63) is 35.0 Å². The van der Waals surface area contributed by atoms with E-state index < -0.39 is 0 Å². The Balaban J connectivity index is 2.88. The summed E-state index contributed by atoms with van der Waals surface area (Å²) >= 11 is 0. The zero-order valence-corrected chi connectivity index (χ0v) is 14.2. The maximum atomic E-state index is 12.2. The maximum Gasteiger partial charge on any atom is 0.253 e. The average Bonchev–Trinajstić information content (AvgIpc) is 2.73. The zero-order chi connectivity index (χ0) is 15.9. The van der Waals surface area contributed by atoms with Crippen LogP contribution >= 0.6 is 0 Å². The molecule has 3 nitrogen and oxygen atoms in total. The number of aromatic nitrogens is 1.